The number of benzene rings is 2. The lowest BCUT2D eigenvalue weighted by molar-refractivity contribution is -0.294. The highest BCUT2D eigenvalue weighted by Gasteiger charge is 2.61. The first-order valence-electron chi connectivity index (χ1n) is 17.1. The molecule has 0 spiro atoms. The first kappa shape index (κ1) is 41.2. The van der Waals surface area contributed by atoms with E-state index in [-0.39, 0.29) is 18.8 Å². The summed E-state index contributed by atoms with van der Waals surface area (Å²) >= 11 is 0. The van der Waals surface area contributed by atoms with Gasteiger partial charge in [-0.2, -0.15) is 21.6 Å². The quantitative estimate of drug-likeness (QED) is 0.112. The van der Waals surface area contributed by atoms with E-state index in [2.05, 4.69) is 14.2 Å². The van der Waals surface area contributed by atoms with Gasteiger partial charge >= 0.3 is 22.5 Å². The van der Waals surface area contributed by atoms with E-state index in [1.54, 1.807) is 76.2 Å². The average Bonchev–Trinajstić information content (AvgIpc) is 3.63. The number of rotatable bonds is 14. The summed E-state index contributed by atoms with van der Waals surface area (Å²) < 4.78 is 127. The summed E-state index contributed by atoms with van der Waals surface area (Å²) in [5.74, 6) is -2.96. The van der Waals surface area contributed by atoms with Crippen molar-refractivity contribution in [3.63, 3.8) is 0 Å². The maximum Gasteiger partial charge on any atom is 0.413 e. The standard InChI is InChI=1S/C34H40F3N3O14S/c1-32(2)51-25-21(49-31-28(27(25)52-32)53-33(3,4)54-31)16-45-30-23(39-40-38)26(50-29(41)20-13-9-6-10-14-20)24(44-15-19-11-7-5-8-12-19)22(48-30)17-46-55(42,43)47-18-34(35,36)37/h5-14,21-28,30-31H,15-18H2,1-4H3/t21-,22-,23-,24+,25+,26-,27+,28-,30?,31-/m1/s1. The van der Waals surface area contributed by atoms with Crippen LogP contribution in [0, 0.1) is 0 Å². The number of azide groups is 1. The Kier molecular flexibility index (Phi) is 12.4. The molecule has 55 heavy (non-hydrogen) atoms. The van der Waals surface area contributed by atoms with Gasteiger partial charge in [0.25, 0.3) is 0 Å². The zero-order valence-electron chi connectivity index (χ0n) is 30.0. The summed E-state index contributed by atoms with van der Waals surface area (Å²) in [6, 6.07) is 14.9. The van der Waals surface area contributed by atoms with Crippen molar-refractivity contribution in [3.8, 4) is 0 Å². The Hall–Kier alpha value is -3.44. The smallest absolute Gasteiger partial charge is 0.413 e. The molecule has 17 nitrogen and oxygen atoms in total. The van der Waals surface area contributed by atoms with Crippen LogP contribution in [0.15, 0.2) is 65.8 Å². The molecule has 1 unspecified atom stereocenters. The van der Waals surface area contributed by atoms with Gasteiger partial charge in [-0.15, -0.1) is 0 Å². The van der Waals surface area contributed by atoms with Gasteiger partial charge in [0.05, 0.1) is 25.4 Å². The molecule has 6 rings (SSSR count). The highest BCUT2D eigenvalue weighted by Crippen LogP contribution is 2.44. The number of carbonyl (C=O) groups is 1. The molecule has 4 fully saturated rings. The van der Waals surface area contributed by atoms with Gasteiger partial charge in [0, 0.05) is 4.91 Å². The number of esters is 1. The monoisotopic (exact) mass is 803 g/mol. The Balaban J connectivity index is 1.30. The molecule has 10 atom stereocenters. The minimum atomic E-state index is -5.26. The van der Waals surface area contributed by atoms with E-state index in [1.165, 1.54) is 12.1 Å². The predicted molar refractivity (Wildman–Crippen MR) is 178 cm³/mol. The van der Waals surface area contributed by atoms with E-state index in [4.69, 9.17) is 46.8 Å². The van der Waals surface area contributed by atoms with E-state index in [9.17, 15) is 31.9 Å². The second-order valence-electron chi connectivity index (χ2n) is 13.8. The van der Waals surface area contributed by atoms with Crippen molar-refractivity contribution in [1.82, 2.24) is 0 Å². The van der Waals surface area contributed by atoms with Crippen LogP contribution in [0.5, 0.6) is 0 Å². The van der Waals surface area contributed by atoms with Crippen molar-refractivity contribution in [1.29, 1.82) is 0 Å². The molecule has 0 bridgehead atoms. The zero-order valence-corrected chi connectivity index (χ0v) is 30.8. The molecule has 0 radical (unpaired) electrons. The third-order valence-electron chi connectivity index (χ3n) is 8.76. The molecule has 0 N–H and O–H groups in total. The molecule has 0 saturated carbocycles. The summed E-state index contributed by atoms with van der Waals surface area (Å²) in [6.07, 6.45) is -15.1. The average molecular weight is 804 g/mol. The summed E-state index contributed by atoms with van der Waals surface area (Å²) in [6.45, 7) is 3.16. The normalized spacial score (nSPS) is 32.6. The van der Waals surface area contributed by atoms with Crippen molar-refractivity contribution in [2.45, 2.75) is 113 Å². The van der Waals surface area contributed by atoms with Gasteiger partial charge in [-0.3, -0.25) is 0 Å². The van der Waals surface area contributed by atoms with E-state index in [0.29, 0.717) is 5.56 Å². The predicted octanol–water partition coefficient (Wildman–Crippen LogP) is 4.45. The molecule has 4 heterocycles. The van der Waals surface area contributed by atoms with E-state index in [0.717, 1.165) is 0 Å². The summed E-state index contributed by atoms with van der Waals surface area (Å²) in [7, 11) is -5.26. The first-order chi connectivity index (χ1) is 25.9. The number of ether oxygens (including phenoxy) is 9. The molecule has 2 aromatic rings. The lowest BCUT2D eigenvalue weighted by atomic mass is 9.96. The van der Waals surface area contributed by atoms with Gasteiger partial charge in [0.1, 0.15) is 48.8 Å². The molecule has 21 heteroatoms. The molecule has 0 aliphatic carbocycles. The van der Waals surface area contributed by atoms with Gasteiger partial charge < -0.3 is 42.6 Å². The highest BCUT2D eigenvalue weighted by atomic mass is 32.3. The van der Waals surface area contributed by atoms with Crippen molar-refractivity contribution in [2.24, 2.45) is 5.11 Å². The highest BCUT2D eigenvalue weighted by molar-refractivity contribution is 7.81. The number of hydrogen-bond donors (Lipinski definition) is 0. The number of nitrogens with zero attached hydrogens (tertiary/aromatic N) is 3. The third-order valence-corrected chi connectivity index (χ3v) is 9.59. The maximum atomic E-state index is 13.5. The van der Waals surface area contributed by atoms with E-state index < -0.39 is 109 Å². The number of halogens is 3. The topological polar surface area (TPSA) is 202 Å². The van der Waals surface area contributed by atoms with Crippen LogP contribution in [0.2, 0.25) is 0 Å². The molecular weight excluding hydrogens is 763 g/mol. The van der Waals surface area contributed by atoms with E-state index in [1.807, 2.05) is 0 Å². The van der Waals surface area contributed by atoms with Gasteiger partial charge in [-0.1, -0.05) is 53.6 Å². The molecule has 4 saturated heterocycles. The summed E-state index contributed by atoms with van der Waals surface area (Å²) in [4.78, 5) is 16.4. The van der Waals surface area contributed by atoms with Gasteiger partial charge in [0.15, 0.2) is 30.8 Å². The Morgan fingerprint density at radius 2 is 1.45 bits per heavy atom. The van der Waals surface area contributed by atoms with E-state index >= 15 is 0 Å². The molecule has 4 aliphatic heterocycles. The van der Waals surface area contributed by atoms with Crippen LogP contribution >= 0.6 is 0 Å². The van der Waals surface area contributed by atoms with Gasteiger partial charge in [0.2, 0.25) is 0 Å². The number of fused-ring (bicyclic) bond motifs is 3. The lowest BCUT2D eigenvalue weighted by Crippen LogP contribution is -2.62. The van der Waals surface area contributed by atoms with Gasteiger partial charge in [-0.05, 0) is 50.9 Å². The summed E-state index contributed by atoms with van der Waals surface area (Å²) in [5, 5.41) is 3.85. The number of alkyl halides is 3. The Bertz CT molecular complexity index is 1780. The van der Waals surface area contributed by atoms with Crippen LogP contribution in [-0.4, -0.2) is 113 Å². The number of hydrogen-bond acceptors (Lipinski definition) is 15. The van der Waals surface area contributed by atoms with Crippen LogP contribution in [0.1, 0.15) is 43.6 Å². The Morgan fingerprint density at radius 3 is 2.13 bits per heavy atom. The molecule has 4 aliphatic rings. The van der Waals surface area contributed by atoms with Crippen molar-refractivity contribution < 1.29 is 77.4 Å². The fourth-order valence-electron chi connectivity index (χ4n) is 6.55. The van der Waals surface area contributed by atoms with Crippen molar-refractivity contribution in [3.05, 3.63) is 82.2 Å². The fourth-order valence-corrected chi connectivity index (χ4v) is 7.20. The van der Waals surface area contributed by atoms with Crippen LogP contribution < -0.4 is 0 Å². The van der Waals surface area contributed by atoms with Crippen LogP contribution in [0.4, 0.5) is 13.2 Å². The second-order valence-corrected chi connectivity index (χ2v) is 15.1. The SMILES string of the molecule is CC1(C)O[C@H]2[C@@H](O1)[C@@H](COC1O[C@H](COS(=O)(=O)OCC(F)(F)F)[C@H](OCc3ccccc3)[C@H](OC(=O)c3ccccc3)[C@H]1N=[N+]=[N-])O[C@@H]1OC(C)(C)O[C@@H]12. The van der Waals surface area contributed by atoms with Crippen LogP contribution in [0.25, 0.3) is 10.4 Å². The molecule has 302 valence electrons. The number of carbonyl (C=O) groups excluding carboxylic acids is 1. The Morgan fingerprint density at radius 1 is 0.818 bits per heavy atom. The zero-order chi connectivity index (χ0) is 39.6. The molecular formula is C34H40F3N3O14S. The van der Waals surface area contributed by atoms with Crippen molar-refractivity contribution in [2.75, 3.05) is 19.8 Å². The second kappa shape index (κ2) is 16.6. The Labute approximate surface area is 314 Å². The third kappa shape index (κ3) is 10.5. The minimum absolute atomic E-state index is 0.0998. The van der Waals surface area contributed by atoms with Crippen LogP contribution in [0.3, 0.4) is 0 Å². The van der Waals surface area contributed by atoms with Crippen molar-refractivity contribution >= 4 is 16.4 Å². The fraction of sp³-hybridized carbons (Fsp3) is 0.618. The lowest BCUT2D eigenvalue weighted by Gasteiger charge is -2.44. The largest absolute Gasteiger partial charge is 0.455 e. The molecule has 0 amide bonds. The first-order valence-corrected chi connectivity index (χ1v) is 18.5. The minimum Gasteiger partial charge on any atom is -0.455 e. The maximum absolute atomic E-state index is 13.5. The molecule has 0 aromatic heterocycles. The summed E-state index contributed by atoms with van der Waals surface area (Å²) in [5.41, 5.74) is 10.4. The van der Waals surface area contributed by atoms with Gasteiger partial charge in [-0.25, -0.2) is 13.2 Å². The van der Waals surface area contributed by atoms with Crippen LogP contribution in [-0.2, 0) is 68.0 Å². The molecule has 2 aromatic carbocycles.